The zero-order valence-corrected chi connectivity index (χ0v) is 19.9. The lowest BCUT2D eigenvalue weighted by Gasteiger charge is -2.03. The van der Waals surface area contributed by atoms with Gasteiger partial charge in [0.2, 0.25) is 0 Å². The Bertz CT molecular complexity index is 939. The standard InChI is InChI=1S/C17H16N4O2.3C2H6.CH2O/c1-10-5-13-7-14(9-19-16(13)20-10)21-17(23)15-6-12(8-18-15)4-3-11(2)22;4*1-2/h3-9,18H,1-2H3,(H,19,20)(H,21,23);3*1-2H3;1H2/b4-3+;;;;. The number of fused-ring (bicyclic) bond motifs is 1. The zero-order valence-electron chi connectivity index (χ0n) is 19.9. The molecule has 31 heavy (non-hydrogen) atoms. The molecule has 3 aromatic heterocycles. The van der Waals surface area contributed by atoms with Crippen molar-refractivity contribution in [2.45, 2.75) is 55.4 Å². The van der Waals surface area contributed by atoms with Crippen molar-refractivity contribution >= 4 is 41.3 Å². The molecule has 0 aromatic carbocycles. The summed E-state index contributed by atoms with van der Waals surface area (Å²) in [5.41, 5.74) is 3.61. The van der Waals surface area contributed by atoms with Gasteiger partial charge in [-0.2, -0.15) is 0 Å². The third-order valence-electron chi connectivity index (χ3n) is 3.32. The van der Waals surface area contributed by atoms with Gasteiger partial charge in [-0.05, 0) is 49.8 Å². The maximum atomic E-state index is 12.2. The number of aromatic amines is 2. The average Bonchev–Trinajstić information content (AvgIpc) is 3.43. The molecule has 1 amide bonds. The van der Waals surface area contributed by atoms with Crippen LogP contribution in [0.15, 0.2) is 36.7 Å². The summed E-state index contributed by atoms with van der Waals surface area (Å²) in [5.74, 6) is -0.306. The number of H-pyrrole nitrogens is 2. The fourth-order valence-electron chi connectivity index (χ4n) is 2.27. The highest BCUT2D eigenvalue weighted by Crippen LogP contribution is 2.18. The fourth-order valence-corrected chi connectivity index (χ4v) is 2.27. The first-order valence-electron chi connectivity index (χ1n) is 10.4. The van der Waals surface area contributed by atoms with E-state index in [1.54, 1.807) is 24.5 Å². The number of aromatic nitrogens is 3. The lowest BCUT2D eigenvalue weighted by molar-refractivity contribution is -0.112. The molecule has 0 unspecified atom stereocenters. The molecule has 7 nitrogen and oxygen atoms in total. The van der Waals surface area contributed by atoms with E-state index in [4.69, 9.17) is 4.79 Å². The topological polar surface area (TPSA) is 108 Å². The van der Waals surface area contributed by atoms with Crippen LogP contribution in [0.4, 0.5) is 5.69 Å². The fraction of sp³-hybridized carbons (Fsp3) is 0.333. The quantitative estimate of drug-likeness (QED) is 0.446. The molecular weight excluding hydrogens is 392 g/mol. The lowest BCUT2D eigenvalue weighted by atomic mass is 10.2. The van der Waals surface area contributed by atoms with Gasteiger partial charge in [0, 0.05) is 17.3 Å². The number of pyridine rings is 1. The molecule has 7 heteroatoms. The van der Waals surface area contributed by atoms with Gasteiger partial charge in [-0.1, -0.05) is 41.5 Å². The Balaban J connectivity index is 0. The minimum absolute atomic E-state index is 0.0432. The van der Waals surface area contributed by atoms with Crippen molar-refractivity contribution in [2.75, 3.05) is 5.32 Å². The number of rotatable bonds is 4. The number of hydrogen-bond donors (Lipinski definition) is 3. The molecule has 0 fully saturated rings. The third-order valence-corrected chi connectivity index (χ3v) is 3.32. The predicted octanol–water partition coefficient (Wildman–Crippen LogP) is 5.95. The Morgan fingerprint density at radius 2 is 1.65 bits per heavy atom. The van der Waals surface area contributed by atoms with Crippen molar-refractivity contribution in [1.82, 2.24) is 15.0 Å². The van der Waals surface area contributed by atoms with Gasteiger partial charge in [-0.25, -0.2) is 4.98 Å². The summed E-state index contributed by atoms with van der Waals surface area (Å²) < 4.78 is 0. The number of nitrogens with zero attached hydrogens (tertiary/aromatic N) is 1. The number of allylic oxidation sites excluding steroid dienone is 1. The summed E-state index contributed by atoms with van der Waals surface area (Å²) in [6.07, 6.45) is 6.39. The average molecular weight is 429 g/mol. The molecule has 3 aromatic rings. The van der Waals surface area contributed by atoms with Gasteiger partial charge in [0.1, 0.15) is 18.1 Å². The van der Waals surface area contributed by atoms with E-state index >= 15 is 0 Å². The smallest absolute Gasteiger partial charge is 0.272 e. The molecule has 0 atom stereocenters. The second-order valence-corrected chi connectivity index (χ2v) is 5.36. The maximum Gasteiger partial charge on any atom is 0.272 e. The lowest BCUT2D eigenvalue weighted by Crippen LogP contribution is -2.12. The second-order valence-electron chi connectivity index (χ2n) is 5.36. The molecule has 0 aliphatic heterocycles. The Labute approximate surface area is 185 Å². The Morgan fingerprint density at radius 3 is 2.23 bits per heavy atom. The van der Waals surface area contributed by atoms with Crippen LogP contribution in [-0.4, -0.2) is 33.4 Å². The molecule has 3 N–H and O–H groups in total. The number of anilines is 1. The Morgan fingerprint density at radius 1 is 1.03 bits per heavy atom. The first-order valence-corrected chi connectivity index (χ1v) is 10.4. The van der Waals surface area contributed by atoms with Crippen molar-refractivity contribution in [2.24, 2.45) is 0 Å². The van der Waals surface area contributed by atoms with Crippen LogP contribution in [0, 0.1) is 6.92 Å². The van der Waals surface area contributed by atoms with Gasteiger partial charge in [0.15, 0.2) is 5.78 Å². The van der Waals surface area contributed by atoms with Crippen LogP contribution in [-0.2, 0) is 9.59 Å². The number of aryl methyl sites for hydroxylation is 1. The largest absolute Gasteiger partial charge is 0.357 e. The summed E-state index contributed by atoms with van der Waals surface area (Å²) in [7, 11) is 0. The molecule has 0 aliphatic rings. The molecule has 3 rings (SSSR count). The minimum Gasteiger partial charge on any atom is -0.357 e. The summed E-state index contributed by atoms with van der Waals surface area (Å²) in [5, 5.41) is 3.74. The predicted molar refractivity (Wildman–Crippen MR) is 130 cm³/mol. The first kappa shape index (κ1) is 29.7. The van der Waals surface area contributed by atoms with Crippen LogP contribution < -0.4 is 5.32 Å². The minimum atomic E-state index is -0.263. The number of nitrogens with one attached hydrogen (secondary N) is 3. The number of hydrogen-bond acceptors (Lipinski definition) is 4. The highest BCUT2D eigenvalue weighted by atomic mass is 16.2. The van der Waals surface area contributed by atoms with Crippen molar-refractivity contribution in [3.05, 3.63) is 53.6 Å². The highest BCUT2D eigenvalue weighted by molar-refractivity contribution is 6.04. The molecule has 0 radical (unpaired) electrons. The molecule has 0 spiro atoms. The van der Waals surface area contributed by atoms with Gasteiger partial charge in [0.05, 0.1) is 11.9 Å². The summed E-state index contributed by atoms with van der Waals surface area (Å²) in [4.78, 5) is 41.5. The molecule has 0 bridgehead atoms. The van der Waals surface area contributed by atoms with E-state index in [1.165, 1.54) is 13.0 Å². The third kappa shape index (κ3) is 10.2. The van der Waals surface area contributed by atoms with E-state index < -0.39 is 0 Å². The van der Waals surface area contributed by atoms with Gasteiger partial charge in [-0.3, -0.25) is 9.59 Å². The van der Waals surface area contributed by atoms with E-state index in [-0.39, 0.29) is 11.7 Å². The van der Waals surface area contributed by atoms with Crippen LogP contribution >= 0.6 is 0 Å². The van der Waals surface area contributed by atoms with E-state index in [2.05, 4.69) is 20.3 Å². The molecule has 0 aliphatic carbocycles. The highest BCUT2D eigenvalue weighted by Gasteiger charge is 2.09. The van der Waals surface area contributed by atoms with Crippen LogP contribution in [0.2, 0.25) is 0 Å². The molecule has 0 saturated carbocycles. The zero-order chi connectivity index (χ0) is 24.4. The number of carbonyl (C=O) groups is 3. The van der Waals surface area contributed by atoms with Crippen molar-refractivity contribution < 1.29 is 14.4 Å². The van der Waals surface area contributed by atoms with E-state index in [1.807, 2.05) is 67.4 Å². The Kier molecular flexibility index (Phi) is 16.7. The van der Waals surface area contributed by atoms with Crippen LogP contribution in [0.3, 0.4) is 0 Å². The van der Waals surface area contributed by atoms with Gasteiger partial charge in [0.25, 0.3) is 5.91 Å². The van der Waals surface area contributed by atoms with Crippen molar-refractivity contribution in [1.29, 1.82) is 0 Å². The molecule has 170 valence electrons. The van der Waals surface area contributed by atoms with Crippen LogP contribution in [0.1, 0.15) is 70.2 Å². The first-order chi connectivity index (χ1) is 15.0. The van der Waals surface area contributed by atoms with E-state index in [0.717, 1.165) is 22.3 Å². The van der Waals surface area contributed by atoms with Crippen molar-refractivity contribution in [3.8, 4) is 0 Å². The summed E-state index contributed by atoms with van der Waals surface area (Å²) >= 11 is 0. The van der Waals surface area contributed by atoms with E-state index in [9.17, 15) is 9.59 Å². The molecule has 3 heterocycles. The summed E-state index contributed by atoms with van der Waals surface area (Å²) in [6, 6.07) is 5.52. The monoisotopic (exact) mass is 428 g/mol. The molecular formula is C24H36N4O3. The number of amides is 1. The van der Waals surface area contributed by atoms with E-state index in [0.29, 0.717) is 11.4 Å². The number of ketones is 1. The van der Waals surface area contributed by atoms with Gasteiger partial charge < -0.3 is 20.1 Å². The van der Waals surface area contributed by atoms with Crippen LogP contribution in [0.25, 0.3) is 17.1 Å². The SMILES string of the molecule is C=O.CC.CC.CC.CC(=O)/C=C/c1c[nH]c(C(=O)Nc2cnc3[nH]c(C)cc3c2)c1. The normalized spacial score (nSPS) is 9.03. The second kappa shape index (κ2) is 17.4. The Hall–Kier alpha value is -3.48. The van der Waals surface area contributed by atoms with Crippen LogP contribution in [0.5, 0.6) is 0 Å². The summed E-state index contributed by atoms with van der Waals surface area (Å²) in [6.45, 7) is 17.4. The molecule has 0 saturated heterocycles. The van der Waals surface area contributed by atoms with Gasteiger partial charge in [-0.15, -0.1) is 0 Å². The number of carbonyl (C=O) groups excluding carboxylic acids is 3. The van der Waals surface area contributed by atoms with Gasteiger partial charge >= 0.3 is 0 Å². The van der Waals surface area contributed by atoms with Crippen molar-refractivity contribution in [3.63, 3.8) is 0 Å². The maximum absolute atomic E-state index is 12.2.